The Bertz CT molecular complexity index is 1200. The fraction of sp³-hybridized carbons (Fsp3) is 0.250. The van der Waals surface area contributed by atoms with Crippen molar-refractivity contribution in [1.29, 1.82) is 0 Å². The van der Waals surface area contributed by atoms with E-state index in [1.807, 2.05) is 36.4 Å². The number of alkyl carbamates (subject to hydrolysis) is 1. The second-order valence-electron chi connectivity index (χ2n) is 7.70. The zero-order valence-corrected chi connectivity index (χ0v) is 19.3. The van der Waals surface area contributed by atoms with Crippen molar-refractivity contribution in [3.63, 3.8) is 0 Å². The highest BCUT2D eigenvalue weighted by molar-refractivity contribution is 7.11. The van der Waals surface area contributed by atoms with Crippen LogP contribution in [-0.4, -0.2) is 53.8 Å². The molecule has 0 saturated carbocycles. The normalized spacial score (nSPS) is 13.0. The molecule has 0 spiro atoms. The SMILES string of the molecule is COC(CNC(=O)OCC1c2ccccc2-c2ccccc21)C(=O)Nc1snc(C)c1C(=O)O. The van der Waals surface area contributed by atoms with Gasteiger partial charge in [-0.05, 0) is 40.7 Å². The van der Waals surface area contributed by atoms with E-state index in [1.165, 1.54) is 7.11 Å². The molecule has 1 aromatic heterocycles. The highest BCUT2D eigenvalue weighted by atomic mass is 32.1. The lowest BCUT2D eigenvalue weighted by atomic mass is 9.98. The molecule has 2 aromatic carbocycles. The summed E-state index contributed by atoms with van der Waals surface area (Å²) in [5, 5.41) is 14.5. The summed E-state index contributed by atoms with van der Waals surface area (Å²) in [6.45, 7) is 1.53. The second-order valence-corrected chi connectivity index (χ2v) is 8.47. The molecule has 2 amide bonds. The smallest absolute Gasteiger partial charge is 0.407 e. The number of benzene rings is 2. The molecule has 3 N–H and O–H groups in total. The highest BCUT2D eigenvalue weighted by Gasteiger charge is 2.29. The molecule has 176 valence electrons. The number of aromatic nitrogens is 1. The molecule has 9 nitrogen and oxygen atoms in total. The molecular weight excluding hydrogens is 458 g/mol. The van der Waals surface area contributed by atoms with Gasteiger partial charge in [-0.3, -0.25) is 4.79 Å². The lowest BCUT2D eigenvalue weighted by molar-refractivity contribution is -0.125. The number of amides is 2. The van der Waals surface area contributed by atoms with Crippen LogP contribution in [-0.2, 0) is 14.3 Å². The molecule has 1 atom stereocenters. The molecule has 3 aromatic rings. The Labute approximate surface area is 199 Å². The van der Waals surface area contributed by atoms with Crippen molar-refractivity contribution in [3.8, 4) is 11.1 Å². The maximum absolute atomic E-state index is 12.5. The van der Waals surface area contributed by atoms with Gasteiger partial charge in [-0.25, -0.2) is 9.59 Å². The summed E-state index contributed by atoms with van der Waals surface area (Å²) >= 11 is 0.866. The van der Waals surface area contributed by atoms with Crippen molar-refractivity contribution in [3.05, 3.63) is 70.9 Å². The predicted octanol–water partition coefficient (Wildman–Crippen LogP) is 3.64. The third kappa shape index (κ3) is 4.63. The van der Waals surface area contributed by atoms with Gasteiger partial charge in [-0.1, -0.05) is 48.5 Å². The van der Waals surface area contributed by atoms with Crippen LogP contribution in [0.2, 0.25) is 0 Å². The number of fused-ring (bicyclic) bond motifs is 3. The first-order valence-electron chi connectivity index (χ1n) is 10.5. The molecule has 34 heavy (non-hydrogen) atoms. The van der Waals surface area contributed by atoms with E-state index in [0.29, 0.717) is 5.69 Å². The Morgan fingerprint density at radius 2 is 1.71 bits per heavy atom. The van der Waals surface area contributed by atoms with Crippen molar-refractivity contribution in [2.24, 2.45) is 0 Å². The molecule has 1 heterocycles. The molecule has 4 rings (SSSR count). The van der Waals surface area contributed by atoms with Gasteiger partial charge >= 0.3 is 12.1 Å². The zero-order valence-electron chi connectivity index (χ0n) is 18.5. The Morgan fingerprint density at radius 1 is 1.09 bits per heavy atom. The summed E-state index contributed by atoms with van der Waals surface area (Å²) in [7, 11) is 1.32. The van der Waals surface area contributed by atoms with E-state index in [0.717, 1.165) is 33.8 Å². The maximum Gasteiger partial charge on any atom is 0.407 e. The van der Waals surface area contributed by atoms with Gasteiger partial charge in [0.25, 0.3) is 5.91 Å². The molecule has 1 aliphatic rings. The van der Waals surface area contributed by atoms with Crippen LogP contribution >= 0.6 is 11.5 Å². The number of aryl methyl sites for hydroxylation is 1. The van der Waals surface area contributed by atoms with Gasteiger partial charge in [0.1, 0.15) is 17.2 Å². The van der Waals surface area contributed by atoms with E-state index in [4.69, 9.17) is 9.47 Å². The summed E-state index contributed by atoms with van der Waals surface area (Å²) in [6, 6.07) is 16.0. The zero-order chi connectivity index (χ0) is 24.2. The summed E-state index contributed by atoms with van der Waals surface area (Å²) in [4.78, 5) is 36.3. The Hall–Kier alpha value is -3.76. The van der Waals surface area contributed by atoms with Gasteiger partial charge in [0.2, 0.25) is 0 Å². The Kier molecular flexibility index (Phi) is 6.90. The minimum absolute atomic E-state index is 0.0716. The van der Waals surface area contributed by atoms with Crippen LogP contribution in [0.3, 0.4) is 0 Å². The van der Waals surface area contributed by atoms with Crippen molar-refractivity contribution < 1.29 is 29.0 Å². The average Bonchev–Trinajstić information content (AvgIpc) is 3.35. The molecule has 0 saturated heterocycles. The number of hydrogen-bond donors (Lipinski definition) is 3. The predicted molar refractivity (Wildman–Crippen MR) is 126 cm³/mol. The topological polar surface area (TPSA) is 127 Å². The maximum atomic E-state index is 12.5. The molecule has 1 unspecified atom stereocenters. The quantitative estimate of drug-likeness (QED) is 0.448. The number of ether oxygens (including phenoxy) is 2. The number of aromatic carboxylic acids is 1. The average molecular weight is 482 g/mol. The lowest BCUT2D eigenvalue weighted by Gasteiger charge is -2.17. The van der Waals surface area contributed by atoms with Crippen LogP contribution in [0.15, 0.2) is 48.5 Å². The van der Waals surface area contributed by atoms with Crippen LogP contribution in [0.5, 0.6) is 0 Å². The number of carbonyl (C=O) groups is 3. The third-order valence-electron chi connectivity index (χ3n) is 5.67. The third-order valence-corrected chi connectivity index (χ3v) is 6.52. The Balaban J connectivity index is 1.34. The standard InChI is InChI=1S/C24H23N3O6S/c1-13-20(23(29)30)22(34-27-13)26-21(28)19(32-2)11-25-24(31)33-12-18-16-9-5-3-7-14(16)15-8-4-6-10-17(15)18/h3-10,18-19H,11-12H2,1-2H3,(H,25,31)(H,26,28)(H,29,30). The monoisotopic (exact) mass is 481 g/mol. The Morgan fingerprint density at radius 3 is 2.29 bits per heavy atom. The van der Waals surface area contributed by atoms with Crippen LogP contribution in [0.4, 0.5) is 9.80 Å². The van der Waals surface area contributed by atoms with E-state index in [2.05, 4.69) is 27.1 Å². The van der Waals surface area contributed by atoms with E-state index in [9.17, 15) is 19.5 Å². The fourth-order valence-electron chi connectivity index (χ4n) is 4.01. The van der Waals surface area contributed by atoms with Crippen molar-refractivity contribution in [1.82, 2.24) is 9.69 Å². The number of nitrogens with zero attached hydrogens (tertiary/aromatic N) is 1. The van der Waals surface area contributed by atoms with E-state index in [1.54, 1.807) is 6.92 Å². The number of hydrogen-bond acceptors (Lipinski definition) is 7. The van der Waals surface area contributed by atoms with Gasteiger partial charge in [0.05, 0.1) is 12.2 Å². The number of nitrogens with one attached hydrogen (secondary N) is 2. The van der Waals surface area contributed by atoms with Crippen LogP contribution < -0.4 is 10.6 Å². The first-order chi connectivity index (χ1) is 16.4. The van der Waals surface area contributed by atoms with E-state index >= 15 is 0 Å². The van der Waals surface area contributed by atoms with Crippen LogP contribution in [0, 0.1) is 6.92 Å². The van der Waals surface area contributed by atoms with Gasteiger partial charge < -0.3 is 25.2 Å². The molecule has 0 fully saturated rings. The lowest BCUT2D eigenvalue weighted by Crippen LogP contribution is -2.41. The highest BCUT2D eigenvalue weighted by Crippen LogP contribution is 2.44. The molecule has 0 aliphatic heterocycles. The summed E-state index contributed by atoms with van der Waals surface area (Å²) in [5.41, 5.74) is 4.68. The van der Waals surface area contributed by atoms with E-state index < -0.39 is 24.1 Å². The molecule has 0 radical (unpaired) electrons. The van der Waals surface area contributed by atoms with E-state index in [-0.39, 0.29) is 29.6 Å². The molecule has 1 aliphatic carbocycles. The summed E-state index contributed by atoms with van der Waals surface area (Å²) < 4.78 is 14.6. The number of rotatable bonds is 8. The second kappa shape index (κ2) is 10.0. The van der Waals surface area contributed by atoms with Gasteiger partial charge in [0, 0.05) is 13.0 Å². The molecule has 10 heteroatoms. The minimum atomic E-state index is -1.19. The molecular formula is C24H23N3O6S. The first-order valence-corrected chi connectivity index (χ1v) is 11.3. The number of methoxy groups -OCH3 is 1. The summed E-state index contributed by atoms with van der Waals surface area (Å²) in [6.07, 6.45) is -1.74. The van der Waals surface area contributed by atoms with Crippen molar-refractivity contribution in [2.45, 2.75) is 18.9 Å². The molecule has 0 bridgehead atoms. The minimum Gasteiger partial charge on any atom is -0.478 e. The first kappa shape index (κ1) is 23.4. The largest absolute Gasteiger partial charge is 0.478 e. The van der Waals surface area contributed by atoms with Crippen molar-refractivity contribution in [2.75, 3.05) is 25.6 Å². The number of carbonyl (C=O) groups excluding carboxylic acids is 2. The van der Waals surface area contributed by atoms with Crippen LogP contribution in [0.25, 0.3) is 11.1 Å². The fourth-order valence-corrected chi connectivity index (χ4v) is 4.80. The van der Waals surface area contributed by atoms with Gasteiger partial charge in [-0.2, -0.15) is 4.37 Å². The van der Waals surface area contributed by atoms with Gasteiger partial charge in [-0.15, -0.1) is 0 Å². The summed E-state index contributed by atoms with van der Waals surface area (Å²) in [5.74, 6) is -1.87. The van der Waals surface area contributed by atoms with Crippen LogP contribution in [0.1, 0.15) is 33.1 Å². The van der Waals surface area contributed by atoms with Gasteiger partial charge in [0.15, 0.2) is 6.10 Å². The number of carboxylic acids is 1. The van der Waals surface area contributed by atoms with Crippen molar-refractivity contribution >= 4 is 34.5 Å². The number of carboxylic acid groups (broad SMARTS) is 1. The number of anilines is 1.